The second kappa shape index (κ2) is 20.1. The zero-order chi connectivity index (χ0) is 46.5. The standard InChI is InChI=1S/C48H58N12O6S/c1-47(49)16-20-59(21-17-47)40-26-52-43(27-51-40)67-35-4-2-3-33(24-35)54-42(62)13-19-58-29-48(30-58)14-11-34(12-15-48)66-22-18-50-39-9-7-37(56-57-39)44(63)53-25-31-5-6-36-32(23-31)28-60(46(36)65)38-8-10-41(61)55-45(38)64/h2-7,9,23-24,26-27,34,38H,8,10-22,25,28-30,49H2,1H3,(H,50,57)(H,53,63)(H,54,62)(H,55,61,64). The van der Waals surface area contributed by atoms with E-state index in [1.165, 1.54) is 16.7 Å². The number of rotatable bonds is 16. The maximum Gasteiger partial charge on any atom is 0.272 e. The van der Waals surface area contributed by atoms with Gasteiger partial charge in [-0.25, -0.2) is 9.97 Å². The Kier molecular flexibility index (Phi) is 13.8. The van der Waals surface area contributed by atoms with Gasteiger partial charge in [0.15, 0.2) is 5.69 Å². The molecular formula is C48H58N12O6S. The van der Waals surface area contributed by atoms with Crippen LogP contribution in [0.3, 0.4) is 0 Å². The Hall–Kier alpha value is -6.02. The van der Waals surface area contributed by atoms with Gasteiger partial charge in [-0.3, -0.25) is 29.3 Å². The summed E-state index contributed by atoms with van der Waals surface area (Å²) in [4.78, 5) is 79.1. The first kappa shape index (κ1) is 46.1. The van der Waals surface area contributed by atoms with Crippen molar-refractivity contribution in [3.63, 3.8) is 0 Å². The average Bonchev–Trinajstić information content (AvgIpc) is 3.63. The average molecular weight is 931 g/mol. The number of benzene rings is 2. The van der Waals surface area contributed by atoms with Gasteiger partial charge in [0.1, 0.15) is 22.7 Å². The number of carbonyl (C=O) groups excluding carboxylic acids is 5. The zero-order valence-electron chi connectivity index (χ0n) is 37.8. The van der Waals surface area contributed by atoms with E-state index >= 15 is 0 Å². The molecule has 4 aromatic rings. The minimum Gasteiger partial charge on any atom is -0.376 e. The van der Waals surface area contributed by atoms with Crippen molar-refractivity contribution in [2.75, 3.05) is 61.4 Å². The van der Waals surface area contributed by atoms with E-state index in [0.29, 0.717) is 42.8 Å². The molecule has 4 aliphatic heterocycles. The maximum absolute atomic E-state index is 13.0. The molecule has 2 aromatic heterocycles. The molecule has 9 rings (SSSR count). The third-order valence-electron chi connectivity index (χ3n) is 13.7. The predicted molar refractivity (Wildman–Crippen MR) is 251 cm³/mol. The lowest BCUT2D eigenvalue weighted by Gasteiger charge is -2.53. The van der Waals surface area contributed by atoms with Crippen molar-refractivity contribution in [1.82, 2.24) is 40.6 Å². The summed E-state index contributed by atoms with van der Waals surface area (Å²) in [5.74, 6) is 0.0261. The Bertz CT molecular complexity index is 2460. The molecule has 5 amide bonds. The third kappa shape index (κ3) is 11.4. The third-order valence-corrected chi connectivity index (χ3v) is 14.6. The molecule has 1 spiro atoms. The molecule has 18 nitrogen and oxygen atoms in total. The summed E-state index contributed by atoms with van der Waals surface area (Å²) >= 11 is 1.52. The van der Waals surface area contributed by atoms with E-state index in [9.17, 15) is 24.0 Å². The Morgan fingerprint density at radius 3 is 2.52 bits per heavy atom. The van der Waals surface area contributed by atoms with Crippen LogP contribution < -0.4 is 31.9 Å². The highest BCUT2D eigenvalue weighted by atomic mass is 32.2. The molecular weight excluding hydrogens is 873 g/mol. The van der Waals surface area contributed by atoms with Crippen LogP contribution in [0.15, 0.2) is 76.9 Å². The van der Waals surface area contributed by atoms with Crippen molar-refractivity contribution in [2.45, 2.75) is 105 Å². The molecule has 1 atom stereocenters. The van der Waals surface area contributed by atoms with E-state index in [0.717, 1.165) is 104 Å². The van der Waals surface area contributed by atoms with Gasteiger partial charge in [0.05, 0.1) is 25.1 Å². The summed E-state index contributed by atoms with van der Waals surface area (Å²) in [6.45, 7) is 8.19. The van der Waals surface area contributed by atoms with Crippen LogP contribution in [0.5, 0.6) is 0 Å². The van der Waals surface area contributed by atoms with Crippen molar-refractivity contribution in [2.24, 2.45) is 11.1 Å². The van der Waals surface area contributed by atoms with E-state index in [-0.39, 0.29) is 60.5 Å². The molecule has 19 heteroatoms. The lowest BCUT2D eigenvalue weighted by molar-refractivity contribution is -0.137. The van der Waals surface area contributed by atoms with E-state index in [1.807, 2.05) is 36.5 Å². The number of hydrogen-bond acceptors (Lipinski definition) is 15. The smallest absolute Gasteiger partial charge is 0.272 e. The van der Waals surface area contributed by atoms with E-state index in [4.69, 9.17) is 10.5 Å². The van der Waals surface area contributed by atoms with E-state index < -0.39 is 11.9 Å². The van der Waals surface area contributed by atoms with Gasteiger partial charge in [0.2, 0.25) is 17.7 Å². The molecule has 1 saturated carbocycles. The summed E-state index contributed by atoms with van der Waals surface area (Å²) in [6.07, 6.45) is 10.9. The number of carbonyl (C=O) groups is 5. The molecule has 6 N–H and O–H groups in total. The fraction of sp³-hybridized carbons (Fsp3) is 0.479. The highest BCUT2D eigenvalue weighted by Gasteiger charge is 2.45. The van der Waals surface area contributed by atoms with Crippen molar-refractivity contribution in [1.29, 1.82) is 0 Å². The van der Waals surface area contributed by atoms with Crippen LogP contribution in [-0.4, -0.2) is 123 Å². The lowest BCUT2D eigenvalue weighted by atomic mass is 9.68. The Balaban J connectivity index is 0.624. The summed E-state index contributed by atoms with van der Waals surface area (Å²) in [7, 11) is 0. The molecule has 0 radical (unpaired) electrons. The minimum absolute atomic E-state index is 0.00737. The SMILES string of the molecule is CC1(N)CCN(c2cnc(Sc3cccc(NC(=O)CCN4CC5(CCC(OCCNc6ccc(C(=O)NCc7ccc8c(c7)CN(C7CCC(=O)NC7=O)C8=O)nn6)CC5)C4)c3)cn2)CC1. The number of likely N-dealkylation sites (tertiary alicyclic amines) is 1. The van der Waals surface area contributed by atoms with Gasteiger partial charge in [-0.15, -0.1) is 10.2 Å². The fourth-order valence-corrected chi connectivity index (χ4v) is 10.5. The summed E-state index contributed by atoms with van der Waals surface area (Å²) in [5, 5.41) is 20.5. The summed E-state index contributed by atoms with van der Waals surface area (Å²) < 4.78 is 6.21. The number of nitrogens with one attached hydrogen (secondary N) is 4. The molecule has 6 heterocycles. The first-order chi connectivity index (χ1) is 32.4. The second-order valence-corrected chi connectivity index (χ2v) is 20.0. The molecule has 352 valence electrons. The number of piperidine rings is 2. The van der Waals surface area contributed by atoms with Crippen LogP contribution in [0.25, 0.3) is 0 Å². The molecule has 2 aromatic carbocycles. The topological polar surface area (TPSA) is 230 Å². The first-order valence-corrected chi connectivity index (χ1v) is 24.1. The Morgan fingerprint density at radius 1 is 0.955 bits per heavy atom. The van der Waals surface area contributed by atoms with Crippen molar-refractivity contribution in [3.05, 3.63) is 89.4 Å². The molecule has 0 bridgehead atoms. The van der Waals surface area contributed by atoms with Crippen molar-refractivity contribution >= 4 is 58.6 Å². The molecule has 5 aliphatic rings. The largest absolute Gasteiger partial charge is 0.376 e. The molecule has 1 aliphatic carbocycles. The van der Waals surface area contributed by atoms with Crippen LogP contribution in [0.4, 0.5) is 17.3 Å². The second-order valence-electron chi connectivity index (χ2n) is 18.9. The van der Waals surface area contributed by atoms with Crippen molar-refractivity contribution in [3.8, 4) is 0 Å². The van der Waals surface area contributed by atoms with Gasteiger partial charge in [-0.05, 0) is 105 Å². The van der Waals surface area contributed by atoms with Crippen LogP contribution in [0.2, 0.25) is 0 Å². The van der Waals surface area contributed by atoms with Crippen LogP contribution in [0, 0.1) is 5.41 Å². The zero-order valence-corrected chi connectivity index (χ0v) is 38.6. The number of anilines is 3. The van der Waals surface area contributed by atoms with E-state index in [2.05, 4.69) is 58.2 Å². The Labute approximate surface area is 394 Å². The van der Waals surface area contributed by atoms with Crippen LogP contribution in [-0.2, 0) is 32.2 Å². The van der Waals surface area contributed by atoms with Gasteiger partial charge in [-0.2, -0.15) is 0 Å². The number of nitrogens with two attached hydrogens (primary N) is 1. The van der Waals surface area contributed by atoms with Gasteiger partial charge in [-0.1, -0.05) is 30.0 Å². The van der Waals surface area contributed by atoms with Gasteiger partial charge < -0.3 is 41.1 Å². The number of amides is 5. The highest BCUT2D eigenvalue weighted by Crippen LogP contribution is 2.44. The van der Waals surface area contributed by atoms with E-state index in [1.54, 1.807) is 30.5 Å². The van der Waals surface area contributed by atoms with Crippen LogP contribution >= 0.6 is 11.8 Å². The van der Waals surface area contributed by atoms with Crippen LogP contribution in [0.1, 0.15) is 96.7 Å². The van der Waals surface area contributed by atoms with Gasteiger partial charge >= 0.3 is 0 Å². The number of ether oxygens (including phenoxy) is 1. The van der Waals surface area contributed by atoms with Gasteiger partial charge in [0, 0.05) is 86.9 Å². The normalized spacial score (nSPS) is 20.3. The minimum atomic E-state index is -0.680. The van der Waals surface area contributed by atoms with Gasteiger partial charge in [0.25, 0.3) is 11.8 Å². The monoisotopic (exact) mass is 930 g/mol. The predicted octanol–water partition coefficient (Wildman–Crippen LogP) is 4.13. The first-order valence-electron chi connectivity index (χ1n) is 23.3. The fourth-order valence-electron chi connectivity index (χ4n) is 9.72. The number of imide groups is 1. The van der Waals surface area contributed by atoms with Crippen molar-refractivity contribution < 1.29 is 28.7 Å². The highest BCUT2D eigenvalue weighted by molar-refractivity contribution is 7.99. The Morgan fingerprint density at radius 2 is 1.78 bits per heavy atom. The quantitative estimate of drug-likeness (QED) is 0.0786. The molecule has 4 fully saturated rings. The number of hydrogen-bond donors (Lipinski definition) is 5. The molecule has 3 saturated heterocycles. The summed E-state index contributed by atoms with van der Waals surface area (Å²) in [6, 6.07) is 15.8. The number of fused-ring (bicyclic) bond motifs is 1. The molecule has 1 unspecified atom stereocenters. The number of aromatic nitrogens is 4. The lowest BCUT2D eigenvalue weighted by Crippen LogP contribution is -2.58. The molecule has 67 heavy (non-hydrogen) atoms. The number of nitrogens with zero attached hydrogens (tertiary/aromatic N) is 7. The summed E-state index contributed by atoms with van der Waals surface area (Å²) in [5.41, 5.74) is 9.52. The maximum atomic E-state index is 13.0.